The second-order valence-corrected chi connectivity index (χ2v) is 5.58. The molecule has 0 aromatic heterocycles. The molecular weight excluding hydrogens is 262 g/mol. The second kappa shape index (κ2) is 6.41. The standard InChI is InChI=1S/C13H23N3O4/c1-2-15-5-3-4-9(7-15)14-13(20)16-8-10(17)6-11(16)12(18)19/h9-11,17H,2-8H2,1H3,(H,14,20)(H,18,19)/t9?,10?,11-/m0/s1. The number of amides is 2. The van der Waals surface area contributed by atoms with Gasteiger partial charge in [0.2, 0.25) is 0 Å². The molecule has 2 amide bonds. The molecule has 2 rings (SSSR count). The van der Waals surface area contributed by atoms with E-state index >= 15 is 0 Å². The molecule has 3 N–H and O–H groups in total. The number of hydrogen-bond acceptors (Lipinski definition) is 4. The van der Waals surface area contributed by atoms with Crippen LogP contribution in [0.15, 0.2) is 0 Å². The van der Waals surface area contributed by atoms with Crippen molar-refractivity contribution in [3.05, 3.63) is 0 Å². The highest BCUT2D eigenvalue weighted by Crippen LogP contribution is 2.19. The maximum Gasteiger partial charge on any atom is 0.326 e. The van der Waals surface area contributed by atoms with Crippen molar-refractivity contribution in [2.45, 2.75) is 44.4 Å². The third-order valence-corrected chi connectivity index (χ3v) is 4.11. The zero-order valence-corrected chi connectivity index (χ0v) is 11.8. The summed E-state index contributed by atoms with van der Waals surface area (Å²) in [6, 6.07) is -1.24. The number of carbonyl (C=O) groups excluding carboxylic acids is 1. The van der Waals surface area contributed by atoms with Crippen LogP contribution >= 0.6 is 0 Å². The zero-order chi connectivity index (χ0) is 14.7. The van der Waals surface area contributed by atoms with Gasteiger partial charge in [-0.2, -0.15) is 0 Å². The number of likely N-dealkylation sites (N-methyl/N-ethyl adjacent to an activating group) is 1. The normalized spacial score (nSPS) is 31.3. The molecule has 2 saturated heterocycles. The number of aliphatic carboxylic acids is 1. The first kappa shape index (κ1) is 15.1. The van der Waals surface area contributed by atoms with Crippen LogP contribution in [0.2, 0.25) is 0 Å². The summed E-state index contributed by atoms with van der Waals surface area (Å²) in [4.78, 5) is 26.8. The quantitative estimate of drug-likeness (QED) is 0.662. The third kappa shape index (κ3) is 3.40. The topological polar surface area (TPSA) is 93.1 Å². The summed E-state index contributed by atoms with van der Waals surface area (Å²) in [5, 5.41) is 21.6. The maximum atomic E-state index is 12.2. The molecule has 2 fully saturated rings. The van der Waals surface area contributed by atoms with E-state index in [2.05, 4.69) is 17.1 Å². The van der Waals surface area contributed by atoms with E-state index in [-0.39, 0.29) is 25.0 Å². The number of urea groups is 1. The van der Waals surface area contributed by atoms with E-state index in [0.717, 1.165) is 32.5 Å². The van der Waals surface area contributed by atoms with Gasteiger partial charge < -0.3 is 25.3 Å². The van der Waals surface area contributed by atoms with Gasteiger partial charge in [0.05, 0.1) is 6.10 Å². The number of nitrogens with zero attached hydrogens (tertiary/aromatic N) is 2. The van der Waals surface area contributed by atoms with E-state index < -0.39 is 18.1 Å². The number of rotatable bonds is 3. The first-order chi connectivity index (χ1) is 9.51. The fraction of sp³-hybridized carbons (Fsp3) is 0.846. The Morgan fingerprint density at radius 2 is 2.10 bits per heavy atom. The van der Waals surface area contributed by atoms with E-state index in [1.165, 1.54) is 4.90 Å². The van der Waals surface area contributed by atoms with Crippen molar-refractivity contribution in [3.63, 3.8) is 0 Å². The van der Waals surface area contributed by atoms with E-state index in [0.29, 0.717) is 0 Å². The molecule has 0 bridgehead atoms. The van der Waals surface area contributed by atoms with Crippen molar-refractivity contribution in [3.8, 4) is 0 Å². The molecule has 2 aliphatic heterocycles. The van der Waals surface area contributed by atoms with Crippen molar-refractivity contribution in [2.75, 3.05) is 26.2 Å². The molecule has 0 aromatic carbocycles. The molecule has 0 radical (unpaired) electrons. The number of nitrogens with one attached hydrogen (secondary N) is 1. The first-order valence-electron chi connectivity index (χ1n) is 7.21. The van der Waals surface area contributed by atoms with Gasteiger partial charge in [0.25, 0.3) is 0 Å². The Hall–Kier alpha value is -1.34. The summed E-state index contributed by atoms with van der Waals surface area (Å²) < 4.78 is 0. The zero-order valence-electron chi connectivity index (χ0n) is 11.8. The Bertz CT molecular complexity index is 377. The monoisotopic (exact) mass is 285 g/mol. The fourth-order valence-electron chi connectivity index (χ4n) is 2.99. The minimum absolute atomic E-state index is 0.0587. The van der Waals surface area contributed by atoms with E-state index in [1.807, 2.05) is 0 Å². The molecule has 2 aliphatic rings. The Kier molecular flexibility index (Phi) is 4.82. The average molecular weight is 285 g/mol. The molecule has 20 heavy (non-hydrogen) atoms. The number of aliphatic hydroxyl groups is 1. The molecule has 0 aliphatic carbocycles. The SMILES string of the molecule is CCN1CCCC(NC(=O)N2CC(O)C[C@H]2C(=O)O)C1. The molecule has 3 atom stereocenters. The minimum Gasteiger partial charge on any atom is -0.480 e. The first-order valence-corrected chi connectivity index (χ1v) is 7.21. The van der Waals surface area contributed by atoms with Crippen LogP contribution in [0.3, 0.4) is 0 Å². The van der Waals surface area contributed by atoms with Crippen molar-refractivity contribution < 1.29 is 19.8 Å². The van der Waals surface area contributed by atoms with Gasteiger partial charge in [0, 0.05) is 25.6 Å². The number of hydrogen-bond donors (Lipinski definition) is 3. The molecule has 0 saturated carbocycles. The number of piperidine rings is 1. The van der Waals surface area contributed by atoms with Crippen LogP contribution in [0, 0.1) is 0 Å². The highest BCUT2D eigenvalue weighted by molar-refractivity contribution is 5.83. The van der Waals surface area contributed by atoms with Crippen LogP contribution in [-0.4, -0.2) is 76.4 Å². The number of β-amino-alcohol motifs (C(OH)–C–C–N with tert-alkyl or cyclic N) is 1. The number of likely N-dealkylation sites (tertiary alicyclic amines) is 2. The van der Waals surface area contributed by atoms with Gasteiger partial charge in [-0.25, -0.2) is 9.59 Å². The van der Waals surface area contributed by atoms with E-state index in [1.54, 1.807) is 0 Å². The largest absolute Gasteiger partial charge is 0.480 e. The fourth-order valence-corrected chi connectivity index (χ4v) is 2.99. The Morgan fingerprint density at radius 3 is 2.75 bits per heavy atom. The van der Waals surface area contributed by atoms with Crippen LogP contribution < -0.4 is 5.32 Å². The summed E-state index contributed by atoms with van der Waals surface area (Å²) in [5.74, 6) is -1.06. The molecule has 2 unspecified atom stereocenters. The van der Waals surface area contributed by atoms with Gasteiger partial charge in [-0.05, 0) is 25.9 Å². The minimum atomic E-state index is -1.06. The predicted octanol–water partition coefficient (Wildman–Crippen LogP) is -0.300. The summed E-state index contributed by atoms with van der Waals surface area (Å²) in [6.07, 6.45) is 1.30. The number of carboxylic acids is 1. The second-order valence-electron chi connectivity index (χ2n) is 5.58. The third-order valence-electron chi connectivity index (χ3n) is 4.11. The highest BCUT2D eigenvalue weighted by atomic mass is 16.4. The van der Waals surface area contributed by atoms with Gasteiger partial charge in [-0.15, -0.1) is 0 Å². The lowest BCUT2D eigenvalue weighted by Gasteiger charge is -2.33. The summed E-state index contributed by atoms with van der Waals surface area (Å²) in [7, 11) is 0. The highest BCUT2D eigenvalue weighted by Gasteiger charge is 2.39. The lowest BCUT2D eigenvalue weighted by Crippen LogP contribution is -2.53. The number of carboxylic acid groups (broad SMARTS) is 1. The van der Waals surface area contributed by atoms with Crippen molar-refractivity contribution in [2.24, 2.45) is 0 Å². The predicted molar refractivity (Wildman–Crippen MR) is 72.4 cm³/mol. The molecule has 0 spiro atoms. The molecular formula is C13H23N3O4. The summed E-state index contributed by atoms with van der Waals surface area (Å²) in [5.41, 5.74) is 0. The van der Waals surface area contributed by atoms with Crippen LogP contribution in [0.1, 0.15) is 26.2 Å². The Balaban J connectivity index is 1.92. The lowest BCUT2D eigenvalue weighted by atomic mass is 10.1. The van der Waals surface area contributed by atoms with Crippen LogP contribution in [0.4, 0.5) is 4.79 Å². The smallest absolute Gasteiger partial charge is 0.326 e. The van der Waals surface area contributed by atoms with E-state index in [9.17, 15) is 14.7 Å². The van der Waals surface area contributed by atoms with Crippen LogP contribution in [0.5, 0.6) is 0 Å². The number of carbonyl (C=O) groups is 2. The van der Waals surface area contributed by atoms with Crippen molar-refractivity contribution in [1.82, 2.24) is 15.1 Å². The van der Waals surface area contributed by atoms with Crippen LogP contribution in [-0.2, 0) is 4.79 Å². The van der Waals surface area contributed by atoms with Crippen molar-refractivity contribution >= 4 is 12.0 Å². The van der Waals surface area contributed by atoms with Gasteiger partial charge >= 0.3 is 12.0 Å². The Morgan fingerprint density at radius 1 is 1.35 bits per heavy atom. The molecule has 0 aromatic rings. The van der Waals surface area contributed by atoms with Gasteiger partial charge in [-0.3, -0.25) is 0 Å². The molecule has 7 heteroatoms. The number of aliphatic hydroxyl groups excluding tert-OH is 1. The Labute approximate surface area is 118 Å². The van der Waals surface area contributed by atoms with Crippen LogP contribution in [0.25, 0.3) is 0 Å². The van der Waals surface area contributed by atoms with E-state index in [4.69, 9.17) is 5.11 Å². The maximum absolute atomic E-state index is 12.2. The van der Waals surface area contributed by atoms with Gasteiger partial charge in [0.15, 0.2) is 0 Å². The molecule has 114 valence electrons. The van der Waals surface area contributed by atoms with Gasteiger partial charge in [0.1, 0.15) is 6.04 Å². The molecule has 7 nitrogen and oxygen atoms in total. The summed E-state index contributed by atoms with van der Waals surface area (Å²) >= 11 is 0. The van der Waals surface area contributed by atoms with Crippen molar-refractivity contribution in [1.29, 1.82) is 0 Å². The molecule has 2 heterocycles. The average Bonchev–Trinajstić information content (AvgIpc) is 2.81. The van der Waals surface area contributed by atoms with Gasteiger partial charge in [-0.1, -0.05) is 6.92 Å². The summed E-state index contributed by atoms with van der Waals surface area (Å²) in [6.45, 7) is 4.97. The lowest BCUT2D eigenvalue weighted by molar-refractivity contribution is -0.141.